The van der Waals surface area contributed by atoms with Crippen molar-refractivity contribution in [2.75, 3.05) is 13.2 Å². The van der Waals surface area contributed by atoms with Crippen molar-refractivity contribution in [1.82, 2.24) is 5.32 Å². The molecule has 1 aromatic rings. The zero-order valence-corrected chi connectivity index (χ0v) is 12.0. The Hall–Kier alpha value is -0.420. The van der Waals surface area contributed by atoms with Crippen molar-refractivity contribution in [3.8, 4) is 0 Å². The Balaban J connectivity index is 2.07. The lowest BCUT2D eigenvalue weighted by Gasteiger charge is -2.45. The first-order valence-electron chi connectivity index (χ1n) is 6.45. The summed E-state index contributed by atoms with van der Waals surface area (Å²) in [6.45, 7) is 3.56. The average molecular weight is 312 g/mol. The minimum atomic E-state index is -0.236. The molecule has 2 N–H and O–H groups in total. The number of piperidine rings is 1. The maximum Gasteiger partial charge on any atom is 0.0801 e. The van der Waals surface area contributed by atoms with Gasteiger partial charge < -0.3 is 15.2 Å². The third-order valence-corrected chi connectivity index (χ3v) is 4.57. The van der Waals surface area contributed by atoms with Crippen molar-refractivity contribution in [1.29, 1.82) is 0 Å². The van der Waals surface area contributed by atoms with Crippen LogP contribution in [0.5, 0.6) is 0 Å². The summed E-state index contributed by atoms with van der Waals surface area (Å²) in [5.74, 6) is 0. The van der Waals surface area contributed by atoms with Crippen LogP contribution in [0.1, 0.15) is 37.0 Å². The highest BCUT2D eigenvalue weighted by molar-refractivity contribution is 9.10. The van der Waals surface area contributed by atoms with Crippen LogP contribution < -0.4 is 5.32 Å². The monoisotopic (exact) mass is 311 g/mol. The van der Waals surface area contributed by atoms with Crippen molar-refractivity contribution in [3.05, 3.63) is 33.8 Å². The first-order valence-corrected chi connectivity index (χ1v) is 7.25. The molecule has 0 aromatic heterocycles. The minimum absolute atomic E-state index is 0.115. The average Bonchev–Trinajstić information content (AvgIpc) is 2.34. The quantitative estimate of drug-likeness (QED) is 0.773. The molecule has 1 aromatic carbocycles. The van der Waals surface area contributed by atoms with E-state index >= 15 is 0 Å². The fourth-order valence-corrected chi connectivity index (χ4v) is 3.49. The summed E-state index contributed by atoms with van der Waals surface area (Å²) in [6.07, 6.45) is 1.43. The summed E-state index contributed by atoms with van der Waals surface area (Å²) in [7, 11) is 0. The van der Waals surface area contributed by atoms with Crippen LogP contribution in [-0.2, 0) is 10.3 Å². The highest BCUT2D eigenvalue weighted by Gasteiger charge is 2.42. The first kappa shape index (κ1) is 12.6. The molecule has 3 rings (SSSR count). The van der Waals surface area contributed by atoms with Crippen LogP contribution in [0.3, 0.4) is 0 Å². The summed E-state index contributed by atoms with van der Waals surface area (Å²) in [5.41, 5.74) is 2.29. The predicted molar refractivity (Wildman–Crippen MR) is 73.4 cm³/mol. The number of hydrogen-bond donors (Lipinski definition) is 2. The lowest BCUT2D eigenvalue weighted by Crippen LogP contribution is -2.55. The van der Waals surface area contributed by atoms with Crippen LogP contribution in [-0.4, -0.2) is 24.4 Å². The van der Waals surface area contributed by atoms with Gasteiger partial charge in [0.1, 0.15) is 0 Å². The smallest absolute Gasteiger partial charge is 0.0801 e. The summed E-state index contributed by atoms with van der Waals surface area (Å²) in [6, 6.07) is 6.36. The highest BCUT2D eigenvalue weighted by Crippen LogP contribution is 2.41. The van der Waals surface area contributed by atoms with Gasteiger partial charge in [0.05, 0.1) is 24.4 Å². The van der Waals surface area contributed by atoms with Gasteiger partial charge in [-0.15, -0.1) is 0 Å². The van der Waals surface area contributed by atoms with Crippen molar-refractivity contribution in [3.63, 3.8) is 0 Å². The van der Waals surface area contributed by atoms with E-state index in [1.807, 2.05) is 0 Å². The van der Waals surface area contributed by atoms with E-state index in [1.54, 1.807) is 0 Å². The van der Waals surface area contributed by atoms with Gasteiger partial charge >= 0.3 is 0 Å². The second kappa shape index (κ2) is 4.60. The summed E-state index contributed by atoms with van der Waals surface area (Å²) >= 11 is 3.52. The number of ether oxygens (including phenoxy) is 1. The molecule has 0 radical (unpaired) electrons. The van der Waals surface area contributed by atoms with Gasteiger partial charge in [-0.2, -0.15) is 0 Å². The maximum absolute atomic E-state index is 9.97. The SMILES string of the molecule is CC1OCC2(CC(O)CCN2)c2ccc(Br)cc21. The number of nitrogens with one attached hydrogen (secondary N) is 1. The molecule has 1 spiro atoms. The zero-order valence-electron chi connectivity index (χ0n) is 10.4. The van der Waals surface area contributed by atoms with E-state index in [4.69, 9.17) is 4.74 Å². The number of aliphatic hydroxyl groups excluding tert-OH is 1. The molecule has 2 aliphatic heterocycles. The second-order valence-corrected chi connectivity index (χ2v) is 6.26. The topological polar surface area (TPSA) is 41.5 Å². The van der Waals surface area contributed by atoms with E-state index in [0.717, 1.165) is 23.9 Å². The van der Waals surface area contributed by atoms with Crippen LogP contribution >= 0.6 is 15.9 Å². The Morgan fingerprint density at radius 1 is 1.50 bits per heavy atom. The van der Waals surface area contributed by atoms with Gasteiger partial charge in [0.25, 0.3) is 0 Å². The molecule has 3 atom stereocenters. The Morgan fingerprint density at radius 3 is 3.11 bits per heavy atom. The van der Waals surface area contributed by atoms with Crippen molar-refractivity contribution in [2.24, 2.45) is 0 Å². The normalized spacial score (nSPS) is 35.5. The molecule has 4 heteroatoms. The molecule has 2 aliphatic rings. The molecule has 0 saturated carbocycles. The highest BCUT2D eigenvalue weighted by atomic mass is 79.9. The van der Waals surface area contributed by atoms with Crippen LogP contribution in [0.2, 0.25) is 0 Å². The largest absolute Gasteiger partial charge is 0.393 e. The van der Waals surface area contributed by atoms with Crippen molar-refractivity contribution < 1.29 is 9.84 Å². The zero-order chi connectivity index (χ0) is 12.8. The molecule has 1 saturated heterocycles. The Morgan fingerprint density at radius 2 is 2.33 bits per heavy atom. The summed E-state index contributed by atoms with van der Waals surface area (Å²) in [4.78, 5) is 0. The van der Waals surface area contributed by atoms with E-state index in [0.29, 0.717) is 6.61 Å². The van der Waals surface area contributed by atoms with Crippen LogP contribution in [0.15, 0.2) is 22.7 Å². The minimum Gasteiger partial charge on any atom is -0.393 e. The first-order chi connectivity index (χ1) is 8.61. The van der Waals surface area contributed by atoms with E-state index in [9.17, 15) is 5.11 Å². The van der Waals surface area contributed by atoms with Crippen LogP contribution in [0.25, 0.3) is 0 Å². The lowest BCUT2D eigenvalue weighted by molar-refractivity contribution is -0.0367. The Kier molecular flexibility index (Phi) is 3.22. The standard InChI is InChI=1S/C14H18BrNO2/c1-9-12-6-10(15)2-3-13(12)14(8-18-9)7-11(17)4-5-16-14/h2-3,6,9,11,16-17H,4-5,7-8H2,1H3. The van der Waals surface area contributed by atoms with E-state index < -0.39 is 0 Å². The third-order valence-electron chi connectivity index (χ3n) is 4.07. The van der Waals surface area contributed by atoms with Crippen LogP contribution in [0, 0.1) is 0 Å². The van der Waals surface area contributed by atoms with Gasteiger partial charge in [-0.1, -0.05) is 22.0 Å². The van der Waals surface area contributed by atoms with Gasteiger partial charge in [0, 0.05) is 4.47 Å². The molecule has 2 heterocycles. The van der Waals surface area contributed by atoms with Gasteiger partial charge in [-0.25, -0.2) is 0 Å². The molecule has 3 nitrogen and oxygen atoms in total. The third kappa shape index (κ3) is 2.01. The van der Waals surface area contributed by atoms with Gasteiger partial charge in [0.2, 0.25) is 0 Å². The molecule has 0 aliphatic carbocycles. The fraction of sp³-hybridized carbons (Fsp3) is 0.571. The van der Waals surface area contributed by atoms with Gasteiger partial charge in [-0.05, 0) is 49.6 Å². The van der Waals surface area contributed by atoms with Crippen molar-refractivity contribution in [2.45, 2.75) is 37.5 Å². The maximum atomic E-state index is 9.97. The van der Waals surface area contributed by atoms with E-state index in [2.05, 4.69) is 46.4 Å². The number of aliphatic hydroxyl groups is 1. The van der Waals surface area contributed by atoms with E-state index in [1.165, 1.54) is 11.1 Å². The van der Waals surface area contributed by atoms with Crippen LogP contribution in [0.4, 0.5) is 0 Å². The molecular weight excluding hydrogens is 294 g/mol. The number of fused-ring (bicyclic) bond motifs is 2. The van der Waals surface area contributed by atoms with Gasteiger partial charge in [0.15, 0.2) is 0 Å². The summed E-state index contributed by atoms with van der Waals surface area (Å²) in [5, 5.41) is 13.5. The summed E-state index contributed by atoms with van der Waals surface area (Å²) < 4.78 is 6.98. The number of hydrogen-bond acceptors (Lipinski definition) is 3. The lowest BCUT2D eigenvalue weighted by atomic mass is 9.77. The Labute approximate surface area is 116 Å². The molecule has 18 heavy (non-hydrogen) atoms. The fourth-order valence-electron chi connectivity index (χ4n) is 3.11. The number of halogens is 1. The number of benzene rings is 1. The van der Waals surface area contributed by atoms with Gasteiger partial charge in [-0.3, -0.25) is 0 Å². The molecule has 0 amide bonds. The van der Waals surface area contributed by atoms with Crippen molar-refractivity contribution >= 4 is 15.9 Å². The molecule has 3 unspecified atom stereocenters. The number of rotatable bonds is 0. The molecule has 98 valence electrons. The predicted octanol–water partition coefficient (Wildman–Crippen LogP) is 2.48. The molecular formula is C14H18BrNO2. The van der Waals surface area contributed by atoms with E-state index in [-0.39, 0.29) is 17.7 Å². The Bertz CT molecular complexity index is 465. The second-order valence-electron chi connectivity index (χ2n) is 5.34. The molecule has 1 fully saturated rings. The molecule has 0 bridgehead atoms.